The summed E-state index contributed by atoms with van der Waals surface area (Å²) in [7, 11) is 3.87. The minimum atomic E-state index is -0.700. The second-order valence-electron chi connectivity index (χ2n) is 8.35. The standard InChI is InChI=1S/C24H29N9O2/c1-4-31-15-19(13-26-31)21-12-22(30(2)3)33(28-21)11-10-20(16-34)27-24(35)23-25-17-32(29-23)14-18-8-6-5-7-9-18/h5-9,12-13,15-17,20H,4,10-11,14H2,1-3H3,(H,27,35). The van der Waals surface area contributed by atoms with Gasteiger partial charge in [0, 0.05) is 45.0 Å². The molecule has 4 rings (SSSR count). The smallest absolute Gasteiger partial charge is 0.291 e. The van der Waals surface area contributed by atoms with E-state index in [0.29, 0.717) is 19.5 Å². The molecule has 1 amide bonds. The van der Waals surface area contributed by atoms with Crippen molar-refractivity contribution in [2.45, 2.75) is 39.0 Å². The van der Waals surface area contributed by atoms with Gasteiger partial charge in [-0.25, -0.2) is 14.3 Å². The summed E-state index contributed by atoms with van der Waals surface area (Å²) in [5, 5.41) is 16.0. The van der Waals surface area contributed by atoms with Crippen LogP contribution >= 0.6 is 0 Å². The molecule has 0 fully saturated rings. The average molecular weight is 476 g/mol. The van der Waals surface area contributed by atoms with Crippen LogP contribution in [0.1, 0.15) is 29.5 Å². The molecule has 1 unspecified atom stereocenters. The molecule has 11 nitrogen and oxygen atoms in total. The molecule has 0 saturated carbocycles. The van der Waals surface area contributed by atoms with E-state index in [9.17, 15) is 9.59 Å². The van der Waals surface area contributed by atoms with Crippen LogP contribution in [0.2, 0.25) is 0 Å². The molecule has 35 heavy (non-hydrogen) atoms. The van der Waals surface area contributed by atoms with E-state index in [1.165, 1.54) is 6.33 Å². The van der Waals surface area contributed by atoms with Crippen LogP contribution in [-0.2, 0) is 24.4 Å². The zero-order valence-corrected chi connectivity index (χ0v) is 20.1. The maximum atomic E-state index is 12.6. The first-order valence-electron chi connectivity index (χ1n) is 11.4. The number of hydrogen-bond acceptors (Lipinski definition) is 7. The summed E-state index contributed by atoms with van der Waals surface area (Å²) in [5.74, 6) is 0.424. The number of aryl methyl sites for hydroxylation is 2. The van der Waals surface area contributed by atoms with E-state index in [1.807, 2.05) is 77.9 Å². The molecule has 11 heteroatoms. The Morgan fingerprint density at radius 2 is 1.97 bits per heavy atom. The van der Waals surface area contributed by atoms with Crippen molar-refractivity contribution in [2.75, 3.05) is 19.0 Å². The molecule has 0 aliphatic rings. The number of aromatic nitrogens is 7. The average Bonchev–Trinajstić information content (AvgIpc) is 3.61. The van der Waals surface area contributed by atoms with Crippen molar-refractivity contribution in [3.8, 4) is 11.3 Å². The van der Waals surface area contributed by atoms with Gasteiger partial charge in [0.15, 0.2) is 0 Å². The van der Waals surface area contributed by atoms with Crippen molar-refractivity contribution in [3.05, 3.63) is 66.5 Å². The SMILES string of the molecule is CCn1cc(-c2cc(N(C)C)n(CCC(C=O)NC(=O)c3ncn(Cc4ccccc4)n3)n2)cn1. The van der Waals surface area contributed by atoms with Gasteiger partial charge in [-0.3, -0.25) is 9.48 Å². The van der Waals surface area contributed by atoms with Crippen LogP contribution in [0.4, 0.5) is 5.82 Å². The summed E-state index contributed by atoms with van der Waals surface area (Å²) in [6.45, 7) is 3.75. The molecule has 1 N–H and O–H groups in total. The largest absolute Gasteiger partial charge is 0.363 e. The van der Waals surface area contributed by atoms with Gasteiger partial charge >= 0.3 is 0 Å². The molecular weight excluding hydrogens is 446 g/mol. The molecular formula is C24H29N9O2. The van der Waals surface area contributed by atoms with Crippen LogP contribution in [0.15, 0.2) is 55.1 Å². The summed E-state index contributed by atoms with van der Waals surface area (Å²) < 4.78 is 5.26. The van der Waals surface area contributed by atoms with Crippen molar-refractivity contribution in [1.29, 1.82) is 0 Å². The lowest BCUT2D eigenvalue weighted by Gasteiger charge is -2.16. The molecule has 3 aromatic heterocycles. The number of carbonyl (C=O) groups excluding carboxylic acids is 2. The van der Waals surface area contributed by atoms with Crippen molar-refractivity contribution in [1.82, 2.24) is 39.6 Å². The van der Waals surface area contributed by atoms with E-state index in [1.54, 1.807) is 10.9 Å². The molecule has 4 aromatic rings. The lowest BCUT2D eigenvalue weighted by Crippen LogP contribution is -2.37. The molecule has 1 aromatic carbocycles. The van der Waals surface area contributed by atoms with E-state index in [4.69, 9.17) is 5.10 Å². The third kappa shape index (κ3) is 5.81. The van der Waals surface area contributed by atoms with Gasteiger partial charge in [-0.15, -0.1) is 5.10 Å². The third-order valence-electron chi connectivity index (χ3n) is 5.53. The van der Waals surface area contributed by atoms with Gasteiger partial charge in [-0.2, -0.15) is 10.2 Å². The number of nitrogens with one attached hydrogen (secondary N) is 1. The topological polar surface area (TPSA) is 116 Å². The monoisotopic (exact) mass is 475 g/mol. The van der Waals surface area contributed by atoms with Crippen molar-refractivity contribution >= 4 is 18.0 Å². The van der Waals surface area contributed by atoms with Crippen molar-refractivity contribution in [2.24, 2.45) is 0 Å². The van der Waals surface area contributed by atoms with Crippen LogP contribution in [0.5, 0.6) is 0 Å². The molecule has 1 atom stereocenters. The number of hydrogen-bond donors (Lipinski definition) is 1. The van der Waals surface area contributed by atoms with E-state index < -0.39 is 11.9 Å². The second-order valence-corrected chi connectivity index (χ2v) is 8.35. The van der Waals surface area contributed by atoms with Gasteiger partial charge < -0.3 is 15.0 Å². The van der Waals surface area contributed by atoms with Gasteiger partial charge in [-0.05, 0) is 18.9 Å². The lowest BCUT2D eigenvalue weighted by atomic mass is 10.2. The van der Waals surface area contributed by atoms with Crippen LogP contribution in [0, 0.1) is 0 Å². The van der Waals surface area contributed by atoms with E-state index >= 15 is 0 Å². The Kier molecular flexibility index (Phi) is 7.34. The van der Waals surface area contributed by atoms with E-state index in [2.05, 4.69) is 20.5 Å². The Hall–Kier alpha value is -4.28. The summed E-state index contributed by atoms with van der Waals surface area (Å²) in [6, 6.07) is 11.1. The van der Waals surface area contributed by atoms with Crippen LogP contribution in [-0.4, -0.2) is 66.7 Å². The first-order valence-corrected chi connectivity index (χ1v) is 11.4. The zero-order valence-electron chi connectivity index (χ0n) is 20.1. The molecule has 0 bridgehead atoms. The molecule has 182 valence electrons. The molecule has 0 aliphatic heterocycles. The van der Waals surface area contributed by atoms with E-state index in [-0.39, 0.29) is 5.82 Å². The predicted molar refractivity (Wildman–Crippen MR) is 131 cm³/mol. The number of anilines is 1. The Balaban J connectivity index is 1.39. The minimum absolute atomic E-state index is 0.0241. The summed E-state index contributed by atoms with van der Waals surface area (Å²) in [6.07, 6.45) is 6.34. The van der Waals surface area contributed by atoms with Crippen LogP contribution in [0.3, 0.4) is 0 Å². The van der Waals surface area contributed by atoms with Gasteiger partial charge in [0.2, 0.25) is 5.82 Å². The predicted octanol–water partition coefficient (Wildman–Crippen LogP) is 1.86. The first-order chi connectivity index (χ1) is 17.0. The maximum Gasteiger partial charge on any atom is 0.291 e. The van der Waals surface area contributed by atoms with E-state index in [0.717, 1.165) is 35.5 Å². The number of rotatable bonds is 11. The fourth-order valence-electron chi connectivity index (χ4n) is 3.66. The minimum Gasteiger partial charge on any atom is -0.363 e. The molecule has 0 spiro atoms. The molecule has 0 saturated heterocycles. The Bertz CT molecular complexity index is 1270. The van der Waals surface area contributed by atoms with Crippen LogP contribution < -0.4 is 10.2 Å². The highest BCUT2D eigenvalue weighted by atomic mass is 16.2. The van der Waals surface area contributed by atoms with Crippen molar-refractivity contribution < 1.29 is 9.59 Å². The second kappa shape index (κ2) is 10.8. The Labute approximate surface area is 203 Å². The Morgan fingerprint density at radius 3 is 2.66 bits per heavy atom. The highest BCUT2D eigenvalue weighted by Crippen LogP contribution is 2.23. The number of amides is 1. The number of aldehydes is 1. The highest BCUT2D eigenvalue weighted by molar-refractivity contribution is 5.92. The summed E-state index contributed by atoms with van der Waals surface area (Å²) in [4.78, 5) is 30.4. The maximum absolute atomic E-state index is 12.6. The van der Waals surface area contributed by atoms with Crippen LogP contribution in [0.25, 0.3) is 11.3 Å². The molecule has 0 radical (unpaired) electrons. The normalized spacial score (nSPS) is 11.9. The summed E-state index contributed by atoms with van der Waals surface area (Å²) >= 11 is 0. The van der Waals surface area contributed by atoms with Gasteiger partial charge in [0.1, 0.15) is 18.4 Å². The third-order valence-corrected chi connectivity index (χ3v) is 5.53. The number of benzene rings is 1. The first kappa shape index (κ1) is 23.9. The lowest BCUT2D eigenvalue weighted by molar-refractivity contribution is -0.109. The van der Waals surface area contributed by atoms with Crippen molar-refractivity contribution in [3.63, 3.8) is 0 Å². The molecule has 3 heterocycles. The Morgan fingerprint density at radius 1 is 1.17 bits per heavy atom. The number of carbonyl (C=O) groups is 2. The van der Waals surface area contributed by atoms with Gasteiger partial charge in [0.25, 0.3) is 5.91 Å². The quantitative estimate of drug-likeness (QED) is 0.329. The van der Waals surface area contributed by atoms with Gasteiger partial charge in [-0.1, -0.05) is 30.3 Å². The van der Waals surface area contributed by atoms with Gasteiger partial charge in [0.05, 0.1) is 24.5 Å². The summed E-state index contributed by atoms with van der Waals surface area (Å²) in [5.41, 5.74) is 2.77. The number of nitrogens with zero attached hydrogens (tertiary/aromatic N) is 8. The zero-order chi connectivity index (χ0) is 24.8. The highest BCUT2D eigenvalue weighted by Gasteiger charge is 2.19. The molecule has 0 aliphatic carbocycles. The fourth-order valence-corrected chi connectivity index (χ4v) is 3.66. The fraction of sp³-hybridized carbons (Fsp3) is 0.333.